The Bertz CT molecular complexity index is 235. The third-order valence-electron chi connectivity index (χ3n) is 2.06. The molecular weight excluding hydrogens is 214 g/mol. The molecule has 94 valence electrons. The average molecular weight is 233 g/mol. The third-order valence-corrected chi connectivity index (χ3v) is 2.06. The van der Waals surface area contributed by atoms with Crippen molar-refractivity contribution in [3.05, 3.63) is 0 Å². The number of aliphatic hydroxyl groups is 1. The molecule has 0 aliphatic rings. The number of carboxylic acid groups (broad SMARTS) is 1. The van der Waals surface area contributed by atoms with Crippen LogP contribution in [0.5, 0.6) is 0 Å². The van der Waals surface area contributed by atoms with Crippen molar-refractivity contribution >= 4 is 12.0 Å². The van der Waals surface area contributed by atoms with E-state index in [1.165, 1.54) is 4.90 Å². The largest absolute Gasteiger partial charge is 0.480 e. The summed E-state index contributed by atoms with van der Waals surface area (Å²) < 4.78 is 0. The molecule has 0 bridgehead atoms. The van der Waals surface area contributed by atoms with Gasteiger partial charge in [-0.15, -0.1) is 0 Å². The van der Waals surface area contributed by atoms with E-state index in [4.69, 9.17) is 10.2 Å². The number of likely N-dealkylation sites (N-methyl/N-ethyl adjacent to an activating group) is 2. The highest BCUT2D eigenvalue weighted by atomic mass is 16.4. The first-order chi connectivity index (χ1) is 7.52. The van der Waals surface area contributed by atoms with Crippen molar-refractivity contribution in [3.63, 3.8) is 0 Å². The van der Waals surface area contributed by atoms with E-state index in [-0.39, 0.29) is 13.0 Å². The molecule has 0 radical (unpaired) electrons. The van der Waals surface area contributed by atoms with Crippen LogP contribution in [0.4, 0.5) is 4.79 Å². The monoisotopic (exact) mass is 233 g/mol. The Labute approximate surface area is 94.4 Å². The second-order valence-electron chi connectivity index (χ2n) is 3.38. The summed E-state index contributed by atoms with van der Waals surface area (Å²) >= 11 is 0. The number of amides is 2. The van der Waals surface area contributed by atoms with Gasteiger partial charge in [-0.25, -0.2) is 9.59 Å². The van der Waals surface area contributed by atoms with Gasteiger partial charge in [0, 0.05) is 33.2 Å². The maximum Gasteiger partial charge on any atom is 0.326 e. The molecule has 0 aromatic heterocycles. The van der Waals surface area contributed by atoms with Crippen molar-refractivity contribution < 1.29 is 19.8 Å². The molecule has 0 saturated carbocycles. The fourth-order valence-corrected chi connectivity index (χ4v) is 1.03. The number of nitrogens with one attached hydrogen (secondary N) is 2. The summed E-state index contributed by atoms with van der Waals surface area (Å²) in [6.07, 6.45) is 0.000934. The summed E-state index contributed by atoms with van der Waals surface area (Å²) in [6.45, 7) is 0.826. The van der Waals surface area contributed by atoms with Crippen LogP contribution in [0, 0.1) is 0 Å². The molecule has 0 fully saturated rings. The quantitative estimate of drug-likeness (QED) is 0.437. The van der Waals surface area contributed by atoms with E-state index in [2.05, 4.69) is 10.6 Å². The Hall–Kier alpha value is -1.34. The molecule has 0 aliphatic heterocycles. The number of carbonyl (C=O) groups excluding carboxylic acids is 1. The van der Waals surface area contributed by atoms with E-state index in [1.807, 2.05) is 0 Å². The van der Waals surface area contributed by atoms with Crippen LogP contribution >= 0.6 is 0 Å². The lowest BCUT2D eigenvalue weighted by molar-refractivity contribution is -0.139. The van der Waals surface area contributed by atoms with Crippen molar-refractivity contribution in [2.24, 2.45) is 0 Å². The van der Waals surface area contributed by atoms with E-state index >= 15 is 0 Å². The summed E-state index contributed by atoms with van der Waals surface area (Å²) in [6, 6.07) is -1.51. The van der Waals surface area contributed by atoms with Crippen molar-refractivity contribution in [1.82, 2.24) is 15.5 Å². The lowest BCUT2D eigenvalue weighted by Gasteiger charge is -2.20. The Morgan fingerprint density at radius 2 is 2.06 bits per heavy atom. The standard InChI is InChI=1S/C9H19N3O4/c1-10-4-5-12(2)9(16)11-7(3-6-13)8(14)15/h7,10,13H,3-6H2,1-2H3,(H,11,16)(H,14,15)/t7-/m0/s1. The van der Waals surface area contributed by atoms with Crippen LogP contribution < -0.4 is 10.6 Å². The second-order valence-corrected chi connectivity index (χ2v) is 3.38. The molecule has 7 nitrogen and oxygen atoms in total. The Balaban J connectivity index is 4.12. The van der Waals surface area contributed by atoms with Crippen molar-refractivity contribution in [2.45, 2.75) is 12.5 Å². The number of nitrogens with zero attached hydrogens (tertiary/aromatic N) is 1. The summed E-state index contributed by atoms with van der Waals surface area (Å²) in [4.78, 5) is 23.6. The van der Waals surface area contributed by atoms with Gasteiger partial charge in [0.15, 0.2) is 0 Å². The fourth-order valence-electron chi connectivity index (χ4n) is 1.03. The zero-order valence-corrected chi connectivity index (χ0v) is 9.56. The average Bonchev–Trinajstić information content (AvgIpc) is 2.24. The summed E-state index contributed by atoms with van der Waals surface area (Å²) in [7, 11) is 3.34. The van der Waals surface area contributed by atoms with Gasteiger partial charge in [0.2, 0.25) is 0 Å². The molecule has 0 saturated heterocycles. The minimum atomic E-state index is -1.15. The summed E-state index contributed by atoms with van der Waals surface area (Å²) in [5, 5.41) is 22.6. The lowest BCUT2D eigenvalue weighted by Crippen LogP contribution is -2.48. The molecule has 7 heteroatoms. The van der Waals surface area contributed by atoms with Gasteiger partial charge in [0.1, 0.15) is 6.04 Å². The topological polar surface area (TPSA) is 102 Å². The minimum Gasteiger partial charge on any atom is -0.480 e. The van der Waals surface area contributed by atoms with Crippen LogP contribution in [-0.4, -0.2) is 66.9 Å². The van der Waals surface area contributed by atoms with E-state index < -0.39 is 18.0 Å². The molecule has 1 atom stereocenters. The highest BCUT2D eigenvalue weighted by Crippen LogP contribution is 1.93. The number of rotatable bonds is 7. The van der Waals surface area contributed by atoms with Crippen LogP contribution in [0.2, 0.25) is 0 Å². The van der Waals surface area contributed by atoms with E-state index in [0.29, 0.717) is 13.1 Å². The normalized spacial score (nSPS) is 11.9. The first kappa shape index (κ1) is 14.7. The first-order valence-corrected chi connectivity index (χ1v) is 5.02. The first-order valence-electron chi connectivity index (χ1n) is 5.02. The van der Waals surface area contributed by atoms with Gasteiger partial charge >= 0.3 is 12.0 Å². The second kappa shape index (κ2) is 7.89. The third kappa shape index (κ3) is 5.52. The molecule has 0 aromatic carbocycles. The molecule has 0 heterocycles. The molecule has 0 aliphatic carbocycles. The number of aliphatic carboxylic acids is 1. The van der Waals surface area contributed by atoms with Crippen molar-refractivity contribution in [3.8, 4) is 0 Å². The van der Waals surface area contributed by atoms with E-state index in [9.17, 15) is 9.59 Å². The molecule has 0 spiro atoms. The molecule has 0 rings (SSSR count). The van der Waals surface area contributed by atoms with Crippen molar-refractivity contribution in [1.29, 1.82) is 0 Å². The number of aliphatic hydroxyl groups excluding tert-OH is 1. The molecule has 0 aromatic rings. The number of carbonyl (C=O) groups is 2. The molecular formula is C9H19N3O4. The summed E-state index contributed by atoms with van der Waals surface area (Å²) in [5.41, 5.74) is 0. The summed E-state index contributed by atoms with van der Waals surface area (Å²) in [5.74, 6) is -1.15. The maximum atomic E-state index is 11.5. The van der Waals surface area contributed by atoms with Crippen LogP contribution in [-0.2, 0) is 4.79 Å². The molecule has 0 unspecified atom stereocenters. The van der Waals surface area contributed by atoms with Gasteiger partial charge < -0.3 is 25.7 Å². The molecule has 4 N–H and O–H groups in total. The zero-order valence-electron chi connectivity index (χ0n) is 9.56. The van der Waals surface area contributed by atoms with Gasteiger partial charge in [-0.05, 0) is 7.05 Å². The van der Waals surface area contributed by atoms with Crippen molar-refractivity contribution in [2.75, 3.05) is 33.8 Å². The number of hydrogen-bond acceptors (Lipinski definition) is 4. The minimum absolute atomic E-state index is 0.000934. The predicted octanol–water partition coefficient (Wildman–Crippen LogP) is -1.32. The Morgan fingerprint density at radius 1 is 1.44 bits per heavy atom. The van der Waals surface area contributed by atoms with Gasteiger partial charge in [-0.3, -0.25) is 0 Å². The smallest absolute Gasteiger partial charge is 0.326 e. The lowest BCUT2D eigenvalue weighted by atomic mass is 10.2. The van der Waals surface area contributed by atoms with E-state index in [1.54, 1.807) is 14.1 Å². The van der Waals surface area contributed by atoms with Gasteiger partial charge in [0.25, 0.3) is 0 Å². The van der Waals surface area contributed by atoms with Gasteiger partial charge in [-0.2, -0.15) is 0 Å². The maximum absolute atomic E-state index is 11.5. The Morgan fingerprint density at radius 3 is 2.50 bits per heavy atom. The Kier molecular flexibility index (Phi) is 7.23. The highest BCUT2D eigenvalue weighted by Gasteiger charge is 2.20. The zero-order chi connectivity index (χ0) is 12.6. The van der Waals surface area contributed by atoms with E-state index in [0.717, 1.165) is 0 Å². The number of carboxylic acids is 1. The number of urea groups is 1. The van der Waals surface area contributed by atoms with Gasteiger partial charge in [-0.1, -0.05) is 0 Å². The SMILES string of the molecule is CNCCN(C)C(=O)N[C@@H](CCO)C(=O)O. The van der Waals surface area contributed by atoms with Crippen LogP contribution in [0.15, 0.2) is 0 Å². The van der Waals surface area contributed by atoms with Gasteiger partial charge in [0.05, 0.1) is 0 Å². The van der Waals surface area contributed by atoms with Crippen LogP contribution in [0.1, 0.15) is 6.42 Å². The molecule has 16 heavy (non-hydrogen) atoms. The van der Waals surface area contributed by atoms with Crippen LogP contribution in [0.3, 0.4) is 0 Å². The predicted molar refractivity (Wildman–Crippen MR) is 58.2 cm³/mol. The number of hydrogen-bond donors (Lipinski definition) is 4. The van der Waals surface area contributed by atoms with Crippen LogP contribution in [0.25, 0.3) is 0 Å². The fraction of sp³-hybridized carbons (Fsp3) is 0.778. The molecule has 2 amide bonds. The highest BCUT2D eigenvalue weighted by molar-refractivity contribution is 5.82.